The van der Waals surface area contributed by atoms with Crippen molar-refractivity contribution in [3.63, 3.8) is 0 Å². The van der Waals surface area contributed by atoms with Gasteiger partial charge in [-0.25, -0.2) is 0 Å². The predicted octanol–water partition coefficient (Wildman–Crippen LogP) is 3.16. The Morgan fingerprint density at radius 1 is 1.12 bits per heavy atom. The number of hydrogen-bond donors (Lipinski definition) is 2. The van der Waals surface area contributed by atoms with Crippen LogP contribution in [0.5, 0.6) is 0 Å². The highest BCUT2D eigenvalue weighted by atomic mass is 79.9. The van der Waals surface area contributed by atoms with E-state index in [1.165, 1.54) is 0 Å². The molecule has 0 aliphatic rings. The van der Waals surface area contributed by atoms with Crippen LogP contribution in [0.15, 0.2) is 53.0 Å². The molecule has 5 nitrogen and oxygen atoms in total. The first-order chi connectivity index (χ1) is 11.5. The van der Waals surface area contributed by atoms with Crippen LogP contribution in [0.25, 0.3) is 0 Å². The van der Waals surface area contributed by atoms with E-state index >= 15 is 0 Å². The van der Waals surface area contributed by atoms with Gasteiger partial charge in [-0.3, -0.25) is 9.59 Å². The van der Waals surface area contributed by atoms with Gasteiger partial charge in [-0.2, -0.15) is 0 Å². The quantitative estimate of drug-likeness (QED) is 0.795. The lowest BCUT2D eigenvalue weighted by molar-refractivity contribution is 0.0731. The number of aliphatic hydroxyl groups excluding tert-OH is 1. The maximum Gasteiger partial charge on any atom is 0.255 e. The minimum absolute atomic E-state index is 0.0844. The third kappa shape index (κ3) is 4.66. The van der Waals surface area contributed by atoms with Crippen molar-refractivity contribution in [1.29, 1.82) is 0 Å². The molecule has 0 fully saturated rings. The Balaban J connectivity index is 2.15. The molecule has 0 aromatic heterocycles. The zero-order chi connectivity index (χ0) is 17.5. The minimum Gasteiger partial charge on any atom is -0.395 e. The lowest BCUT2D eigenvalue weighted by Crippen LogP contribution is -2.33. The lowest BCUT2D eigenvalue weighted by Gasteiger charge is -2.20. The maximum atomic E-state index is 12.4. The number of carbonyl (C=O) groups excluding carboxylic acids is 2. The molecule has 6 heteroatoms. The van der Waals surface area contributed by atoms with E-state index in [1.807, 2.05) is 13.0 Å². The number of benzene rings is 2. The molecule has 0 bridgehead atoms. The third-order valence-electron chi connectivity index (χ3n) is 3.49. The van der Waals surface area contributed by atoms with E-state index in [9.17, 15) is 9.59 Å². The highest BCUT2D eigenvalue weighted by molar-refractivity contribution is 9.10. The predicted molar refractivity (Wildman–Crippen MR) is 97.2 cm³/mol. The Bertz CT molecular complexity index is 734. The summed E-state index contributed by atoms with van der Waals surface area (Å²) in [4.78, 5) is 26.2. The molecule has 0 aliphatic carbocycles. The largest absolute Gasteiger partial charge is 0.395 e. The van der Waals surface area contributed by atoms with Gasteiger partial charge in [-0.05, 0) is 43.3 Å². The number of rotatable bonds is 6. The summed E-state index contributed by atoms with van der Waals surface area (Å²) in [5.41, 5.74) is 1.54. The second-order valence-corrected chi connectivity index (χ2v) is 6.07. The summed E-state index contributed by atoms with van der Waals surface area (Å²) in [5, 5.41) is 11.8. The fourth-order valence-electron chi connectivity index (χ4n) is 2.27. The standard InChI is InChI=1S/C18H19BrN2O3/c1-2-21(9-10-22)18(24)14-6-4-8-16(12-14)20-17(23)13-5-3-7-15(19)11-13/h3-8,11-12,22H,2,9-10H2,1H3,(H,20,23). The molecule has 0 spiro atoms. The molecule has 2 rings (SSSR count). The van der Waals surface area contributed by atoms with Crippen molar-refractivity contribution in [1.82, 2.24) is 4.90 Å². The van der Waals surface area contributed by atoms with Crippen LogP contribution >= 0.6 is 15.9 Å². The summed E-state index contributed by atoms with van der Waals surface area (Å²) < 4.78 is 0.821. The van der Waals surface area contributed by atoms with Gasteiger partial charge in [-0.1, -0.05) is 28.1 Å². The number of halogens is 1. The number of nitrogens with one attached hydrogen (secondary N) is 1. The van der Waals surface area contributed by atoms with Crippen molar-refractivity contribution in [2.45, 2.75) is 6.92 Å². The molecular weight excluding hydrogens is 372 g/mol. The van der Waals surface area contributed by atoms with Crippen molar-refractivity contribution in [2.24, 2.45) is 0 Å². The second kappa shape index (κ2) is 8.61. The number of anilines is 1. The lowest BCUT2D eigenvalue weighted by atomic mass is 10.1. The van der Waals surface area contributed by atoms with Crippen LogP contribution in [0.2, 0.25) is 0 Å². The smallest absolute Gasteiger partial charge is 0.255 e. The van der Waals surface area contributed by atoms with Crippen LogP contribution in [0, 0.1) is 0 Å². The second-order valence-electron chi connectivity index (χ2n) is 5.15. The Kier molecular flexibility index (Phi) is 6.52. The molecule has 2 aromatic rings. The highest BCUT2D eigenvalue weighted by Gasteiger charge is 2.14. The number of likely N-dealkylation sites (N-methyl/N-ethyl adjacent to an activating group) is 1. The monoisotopic (exact) mass is 390 g/mol. The van der Waals surface area contributed by atoms with Gasteiger partial charge in [0.2, 0.25) is 0 Å². The van der Waals surface area contributed by atoms with Gasteiger partial charge in [0.1, 0.15) is 0 Å². The van der Waals surface area contributed by atoms with Crippen LogP contribution in [-0.2, 0) is 0 Å². The summed E-state index contributed by atoms with van der Waals surface area (Å²) in [7, 11) is 0. The molecule has 0 saturated carbocycles. The molecule has 126 valence electrons. The molecular formula is C18H19BrN2O3. The van der Waals surface area contributed by atoms with E-state index in [1.54, 1.807) is 47.4 Å². The van der Waals surface area contributed by atoms with E-state index < -0.39 is 0 Å². The number of nitrogens with zero attached hydrogens (tertiary/aromatic N) is 1. The molecule has 2 N–H and O–H groups in total. The molecule has 0 aliphatic heterocycles. The Morgan fingerprint density at radius 3 is 2.50 bits per heavy atom. The molecule has 0 radical (unpaired) electrons. The molecule has 2 aromatic carbocycles. The van der Waals surface area contributed by atoms with E-state index in [4.69, 9.17) is 5.11 Å². The van der Waals surface area contributed by atoms with Crippen LogP contribution in [0.1, 0.15) is 27.6 Å². The Morgan fingerprint density at radius 2 is 1.83 bits per heavy atom. The van der Waals surface area contributed by atoms with Crippen LogP contribution in [0.3, 0.4) is 0 Å². The van der Waals surface area contributed by atoms with Gasteiger partial charge >= 0.3 is 0 Å². The van der Waals surface area contributed by atoms with Gasteiger partial charge in [-0.15, -0.1) is 0 Å². The summed E-state index contributed by atoms with van der Waals surface area (Å²) in [6.07, 6.45) is 0. The number of aliphatic hydroxyl groups is 1. The van der Waals surface area contributed by atoms with E-state index in [-0.39, 0.29) is 25.0 Å². The van der Waals surface area contributed by atoms with Crippen molar-refractivity contribution < 1.29 is 14.7 Å². The molecule has 0 saturated heterocycles. The molecule has 0 unspecified atom stereocenters. The number of hydrogen-bond acceptors (Lipinski definition) is 3. The van der Waals surface area contributed by atoms with E-state index in [0.717, 1.165) is 4.47 Å². The number of carbonyl (C=O) groups is 2. The average molecular weight is 391 g/mol. The van der Waals surface area contributed by atoms with Crippen molar-refractivity contribution in [3.05, 3.63) is 64.1 Å². The third-order valence-corrected chi connectivity index (χ3v) is 3.99. The Hall–Kier alpha value is -2.18. The van der Waals surface area contributed by atoms with Crippen molar-refractivity contribution >= 4 is 33.4 Å². The normalized spacial score (nSPS) is 10.3. The molecule has 0 heterocycles. The zero-order valence-corrected chi connectivity index (χ0v) is 14.9. The van der Waals surface area contributed by atoms with Crippen molar-refractivity contribution in [3.8, 4) is 0 Å². The molecule has 0 atom stereocenters. The van der Waals surface area contributed by atoms with Gasteiger partial charge in [0, 0.05) is 34.4 Å². The Labute approximate surface area is 149 Å². The minimum atomic E-state index is -0.247. The van der Waals surface area contributed by atoms with Gasteiger partial charge in [0.25, 0.3) is 11.8 Å². The first-order valence-electron chi connectivity index (χ1n) is 7.62. The van der Waals surface area contributed by atoms with Crippen LogP contribution < -0.4 is 5.32 Å². The SMILES string of the molecule is CCN(CCO)C(=O)c1cccc(NC(=O)c2cccc(Br)c2)c1. The van der Waals surface area contributed by atoms with Crippen molar-refractivity contribution in [2.75, 3.05) is 25.0 Å². The number of amides is 2. The van der Waals surface area contributed by atoms with E-state index in [2.05, 4.69) is 21.2 Å². The zero-order valence-electron chi connectivity index (χ0n) is 13.3. The van der Waals surface area contributed by atoms with Crippen LogP contribution in [0.4, 0.5) is 5.69 Å². The first-order valence-corrected chi connectivity index (χ1v) is 8.41. The average Bonchev–Trinajstić information content (AvgIpc) is 2.59. The maximum absolute atomic E-state index is 12.4. The first kappa shape index (κ1) is 18.2. The fourth-order valence-corrected chi connectivity index (χ4v) is 2.67. The summed E-state index contributed by atoms with van der Waals surface area (Å²) in [6, 6.07) is 13.9. The topological polar surface area (TPSA) is 69.6 Å². The molecule has 24 heavy (non-hydrogen) atoms. The van der Waals surface area contributed by atoms with Gasteiger partial charge in [0.15, 0.2) is 0 Å². The van der Waals surface area contributed by atoms with Gasteiger partial charge < -0.3 is 15.3 Å². The summed E-state index contributed by atoms with van der Waals surface area (Å²) in [5.74, 6) is -0.422. The highest BCUT2D eigenvalue weighted by Crippen LogP contribution is 2.16. The van der Waals surface area contributed by atoms with E-state index in [0.29, 0.717) is 23.4 Å². The van der Waals surface area contributed by atoms with Crippen LogP contribution in [-0.4, -0.2) is 41.5 Å². The summed E-state index contributed by atoms with van der Waals surface area (Å²) in [6.45, 7) is 2.56. The summed E-state index contributed by atoms with van der Waals surface area (Å²) >= 11 is 3.33. The fraction of sp³-hybridized carbons (Fsp3) is 0.222. The molecule has 2 amide bonds. The van der Waals surface area contributed by atoms with Gasteiger partial charge in [0.05, 0.1) is 6.61 Å².